The van der Waals surface area contributed by atoms with Gasteiger partial charge in [0.25, 0.3) is 0 Å². The maximum absolute atomic E-state index is 12.9. The molecule has 0 atom stereocenters. The Bertz CT molecular complexity index is 635. The van der Waals surface area contributed by atoms with E-state index in [1.807, 2.05) is 18.2 Å². The van der Waals surface area contributed by atoms with Crippen LogP contribution in [-0.2, 0) is 11.3 Å². The lowest BCUT2D eigenvalue weighted by Crippen LogP contribution is -2.53. The maximum atomic E-state index is 12.9. The summed E-state index contributed by atoms with van der Waals surface area (Å²) in [5.41, 5.74) is 6.66. The molecule has 5 rings (SSSR count). The maximum Gasteiger partial charge on any atom is 0.316 e. The highest BCUT2D eigenvalue weighted by Gasteiger charge is 2.54. The highest BCUT2D eigenvalue weighted by Crippen LogP contribution is 2.60. The summed E-state index contributed by atoms with van der Waals surface area (Å²) in [4.78, 5) is 23.9. The number of rotatable bonds is 4. The largest absolute Gasteiger partial charge is 0.352 e. The van der Waals surface area contributed by atoms with E-state index in [0.717, 1.165) is 42.6 Å². The number of anilines is 1. The molecular weight excluding hydrogens is 302 g/mol. The van der Waals surface area contributed by atoms with Crippen LogP contribution in [0.15, 0.2) is 24.3 Å². The third-order valence-corrected chi connectivity index (χ3v) is 6.17. The topological polar surface area (TPSA) is 84.2 Å². The van der Waals surface area contributed by atoms with Crippen LogP contribution in [0.2, 0.25) is 0 Å². The van der Waals surface area contributed by atoms with Crippen LogP contribution in [-0.4, -0.2) is 11.9 Å². The Kier molecular flexibility index (Phi) is 3.74. The van der Waals surface area contributed by atoms with E-state index >= 15 is 0 Å². The van der Waals surface area contributed by atoms with Crippen molar-refractivity contribution in [3.05, 3.63) is 29.8 Å². The van der Waals surface area contributed by atoms with Crippen LogP contribution in [0.4, 0.5) is 10.5 Å². The number of hydrogen-bond donors (Lipinski definition) is 3. The molecule has 4 bridgehead atoms. The molecule has 1 aromatic carbocycles. The van der Waals surface area contributed by atoms with Gasteiger partial charge in [0, 0.05) is 17.6 Å². The number of hydrogen-bond acceptors (Lipinski definition) is 2. The second-order valence-electron chi connectivity index (χ2n) is 8.07. The number of amides is 3. The monoisotopic (exact) mass is 327 g/mol. The number of nitrogens with one attached hydrogen (secondary N) is 2. The predicted molar refractivity (Wildman–Crippen MR) is 92.1 cm³/mol. The normalized spacial score (nSPS) is 33.2. The summed E-state index contributed by atoms with van der Waals surface area (Å²) in [5.74, 6) is 2.54. The lowest BCUT2D eigenvalue weighted by molar-refractivity contribution is -0.146. The van der Waals surface area contributed by atoms with Crippen LogP contribution in [0.25, 0.3) is 0 Å². The Hall–Kier alpha value is -2.04. The van der Waals surface area contributed by atoms with E-state index in [1.54, 1.807) is 6.07 Å². The highest BCUT2D eigenvalue weighted by atomic mass is 16.2. The van der Waals surface area contributed by atoms with Crippen molar-refractivity contribution >= 4 is 17.6 Å². The number of primary amides is 1. The van der Waals surface area contributed by atoms with Crippen molar-refractivity contribution in [3.8, 4) is 0 Å². The minimum Gasteiger partial charge on any atom is -0.352 e. The van der Waals surface area contributed by atoms with E-state index in [4.69, 9.17) is 5.73 Å². The Labute approximate surface area is 142 Å². The number of benzene rings is 1. The first kappa shape index (κ1) is 15.5. The van der Waals surface area contributed by atoms with Crippen molar-refractivity contribution in [2.24, 2.45) is 28.9 Å². The second kappa shape index (κ2) is 5.80. The first-order chi connectivity index (χ1) is 11.5. The Morgan fingerprint density at radius 2 is 1.71 bits per heavy atom. The number of carbonyl (C=O) groups excluding carboxylic acids is 2. The van der Waals surface area contributed by atoms with Gasteiger partial charge in [0.05, 0.1) is 0 Å². The van der Waals surface area contributed by atoms with Gasteiger partial charge in [-0.15, -0.1) is 0 Å². The van der Waals surface area contributed by atoms with Crippen LogP contribution >= 0.6 is 0 Å². The molecule has 1 aromatic rings. The van der Waals surface area contributed by atoms with Gasteiger partial charge in [-0.05, 0) is 74.0 Å². The Balaban J connectivity index is 1.41. The minimum absolute atomic E-state index is 0.113. The van der Waals surface area contributed by atoms with E-state index in [9.17, 15) is 9.59 Å². The molecule has 4 aliphatic carbocycles. The third-order valence-electron chi connectivity index (χ3n) is 6.17. The molecular formula is C19H25N3O2. The molecule has 0 radical (unpaired) electrons. The minimum atomic E-state index is -0.579. The molecule has 0 aliphatic heterocycles. The Morgan fingerprint density at radius 3 is 2.29 bits per heavy atom. The average Bonchev–Trinajstić information content (AvgIpc) is 2.51. The van der Waals surface area contributed by atoms with Crippen molar-refractivity contribution in [1.82, 2.24) is 5.32 Å². The summed E-state index contributed by atoms with van der Waals surface area (Å²) in [6.07, 6.45) is 7.25. The predicted octanol–water partition coefficient (Wildman–Crippen LogP) is 3.01. The molecule has 0 heterocycles. The number of carbonyl (C=O) groups is 2. The SMILES string of the molecule is NC(=O)Nc1cccc(CNC(=O)C23CC4CC(CC(C4)C2)C3)c1. The van der Waals surface area contributed by atoms with Crippen molar-refractivity contribution in [2.45, 2.75) is 45.1 Å². The van der Waals surface area contributed by atoms with E-state index < -0.39 is 6.03 Å². The first-order valence-corrected chi connectivity index (χ1v) is 8.96. The van der Waals surface area contributed by atoms with Gasteiger partial charge >= 0.3 is 6.03 Å². The van der Waals surface area contributed by atoms with Crippen LogP contribution < -0.4 is 16.4 Å². The molecule has 3 amide bonds. The molecule has 4 fully saturated rings. The van der Waals surface area contributed by atoms with Crippen LogP contribution in [0.1, 0.15) is 44.1 Å². The van der Waals surface area contributed by atoms with Gasteiger partial charge in [0.15, 0.2) is 0 Å². The van der Waals surface area contributed by atoms with E-state index in [1.165, 1.54) is 19.3 Å². The molecule has 0 aromatic heterocycles. The summed E-state index contributed by atoms with van der Waals surface area (Å²) >= 11 is 0. The fraction of sp³-hybridized carbons (Fsp3) is 0.579. The number of nitrogens with two attached hydrogens (primary N) is 1. The summed E-state index contributed by atoms with van der Waals surface area (Å²) < 4.78 is 0. The fourth-order valence-corrected chi connectivity index (χ4v) is 5.66. The van der Waals surface area contributed by atoms with Crippen molar-refractivity contribution in [1.29, 1.82) is 0 Å². The van der Waals surface area contributed by atoms with E-state index in [2.05, 4.69) is 10.6 Å². The molecule has 4 saturated carbocycles. The van der Waals surface area contributed by atoms with Crippen LogP contribution in [0.5, 0.6) is 0 Å². The van der Waals surface area contributed by atoms with Gasteiger partial charge in [-0.3, -0.25) is 4.79 Å². The molecule has 0 saturated heterocycles. The van der Waals surface area contributed by atoms with Gasteiger partial charge in [-0.1, -0.05) is 12.1 Å². The quantitative estimate of drug-likeness (QED) is 0.794. The zero-order valence-corrected chi connectivity index (χ0v) is 13.9. The zero-order valence-electron chi connectivity index (χ0n) is 13.9. The second-order valence-corrected chi connectivity index (χ2v) is 8.07. The van der Waals surface area contributed by atoms with E-state index in [-0.39, 0.29) is 11.3 Å². The zero-order chi connectivity index (χ0) is 16.7. The average molecular weight is 327 g/mol. The summed E-state index contributed by atoms with van der Waals surface area (Å²) in [7, 11) is 0. The molecule has 5 nitrogen and oxygen atoms in total. The smallest absolute Gasteiger partial charge is 0.316 e. The van der Waals surface area contributed by atoms with Gasteiger partial charge in [0.1, 0.15) is 0 Å². The summed E-state index contributed by atoms with van der Waals surface area (Å²) in [6, 6.07) is 6.87. The highest BCUT2D eigenvalue weighted by molar-refractivity contribution is 5.88. The van der Waals surface area contributed by atoms with Crippen molar-refractivity contribution < 1.29 is 9.59 Å². The molecule has 24 heavy (non-hydrogen) atoms. The molecule has 4 N–H and O–H groups in total. The molecule has 0 spiro atoms. The Morgan fingerprint density at radius 1 is 1.08 bits per heavy atom. The number of urea groups is 1. The first-order valence-electron chi connectivity index (χ1n) is 8.96. The lowest BCUT2D eigenvalue weighted by atomic mass is 9.49. The van der Waals surface area contributed by atoms with Gasteiger partial charge in [0.2, 0.25) is 5.91 Å². The lowest BCUT2D eigenvalue weighted by Gasteiger charge is -2.55. The van der Waals surface area contributed by atoms with Gasteiger partial charge in [-0.25, -0.2) is 4.79 Å². The molecule has 0 unspecified atom stereocenters. The standard InChI is InChI=1S/C19H25N3O2/c20-18(24)22-16-3-1-2-12(7-16)11-21-17(23)19-8-13-4-14(9-19)6-15(5-13)10-19/h1-3,7,13-15H,4-6,8-11H2,(H,21,23)(H3,20,22,24). The summed E-state index contributed by atoms with van der Waals surface area (Å²) in [6.45, 7) is 0.495. The van der Waals surface area contributed by atoms with Crippen LogP contribution in [0.3, 0.4) is 0 Å². The van der Waals surface area contributed by atoms with Crippen molar-refractivity contribution in [2.75, 3.05) is 5.32 Å². The summed E-state index contributed by atoms with van der Waals surface area (Å²) in [5, 5.41) is 5.72. The van der Waals surface area contributed by atoms with Gasteiger partial charge < -0.3 is 16.4 Å². The van der Waals surface area contributed by atoms with Gasteiger partial charge in [-0.2, -0.15) is 0 Å². The van der Waals surface area contributed by atoms with E-state index in [0.29, 0.717) is 12.2 Å². The molecule has 5 heteroatoms. The molecule has 128 valence electrons. The fourth-order valence-electron chi connectivity index (χ4n) is 5.66. The third kappa shape index (κ3) is 2.87. The molecule has 4 aliphatic rings. The van der Waals surface area contributed by atoms with Crippen molar-refractivity contribution in [3.63, 3.8) is 0 Å². The van der Waals surface area contributed by atoms with Crippen LogP contribution in [0, 0.1) is 23.2 Å².